The van der Waals surface area contributed by atoms with Crippen molar-refractivity contribution in [2.45, 2.75) is 19.9 Å². The largest absolute Gasteiger partial charge is 0.478 e. The first-order valence-corrected chi connectivity index (χ1v) is 7.63. The van der Waals surface area contributed by atoms with Gasteiger partial charge in [0.2, 0.25) is 5.91 Å². The molecule has 0 saturated carbocycles. The molecule has 1 heterocycles. The summed E-state index contributed by atoms with van der Waals surface area (Å²) in [5, 5.41) is 11.9. The molecule has 0 aliphatic carbocycles. The van der Waals surface area contributed by atoms with Crippen LogP contribution in [-0.2, 0) is 4.79 Å². The molecule has 25 heavy (non-hydrogen) atoms. The number of aromatic nitrogens is 1. The van der Waals surface area contributed by atoms with Crippen molar-refractivity contribution in [3.8, 4) is 0 Å². The molecule has 2 N–H and O–H groups in total. The van der Waals surface area contributed by atoms with Gasteiger partial charge in [-0.15, -0.1) is 0 Å². The zero-order valence-electron chi connectivity index (χ0n) is 13.6. The molecule has 0 fully saturated rings. The number of benzene rings is 2. The van der Waals surface area contributed by atoms with Gasteiger partial charge in [-0.05, 0) is 43.7 Å². The molecule has 0 saturated heterocycles. The highest BCUT2D eigenvalue weighted by Crippen LogP contribution is 2.21. The first-order chi connectivity index (χ1) is 11.9. The van der Waals surface area contributed by atoms with Gasteiger partial charge in [0.15, 0.2) is 5.58 Å². The zero-order chi connectivity index (χ0) is 18.1. The van der Waals surface area contributed by atoms with Gasteiger partial charge in [0.25, 0.3) is 0 Å². The number of hydrogen-bond acceptors (Lipinski definition) is 4. The molecule has 3 rings (SSSR count). The summed E-state index contributed by atoms with van der Waals surface area (Å²) in [4.78, 5) is 35.9. The van der Waals surface area contributed by atoms with Crippen LogP contribution in [0.3, 0.4) is 0 Å². The number of hydrogen-bond donors (Lipinski definition) is 2. The maximum absolute atomic E-state index is 12.5. The van der Waals surface area contributed by atoms with Crippen molar-refractivity contribution in [2.75, 3.05) is 5.32 Å². The van der Waals surface area contributed by atoms with Crippen molar-refractivity contribution in [2.24, 2.45) is 0 Å². The number of nitrogens with zero attached hydrogens (tertiary/aromatic N) is 1. The average Bonchev–Trinajstić information content (AvgIpc) is 2.90. The molecule has 3 aromatic rings. The van der Waals surface area contributed by atoms with Gasteiger partial charge < -0.3 is 14.8 Å². The number of fused-ring (bicyclic) bond motifs is 1. The number of amides is 1. The first kappa shape index (κ1) is 16.5. The number of carboxylic acids is 1. The monoisotopic (exact) mass is 340 g/mol. The Morgan fingerprint density at radius 2 is 1.92 bits per heavy atom. The van der Waals surface area contributed by atoms with Crippen LogP contribution in [0.4, 0.5) is 5.69 Å². The minimum Gasteiger partial charge on any atom is -0.478 e. The Bertz CT molecular complexity index is 1030. The minimum atomic E-state index is -1.13. The third kappa shape index (κ3) is 3.03. The van der Waals surface area contributed by atoms with Crippen LogP contribution in [0.25, 0.3) is 11.1 Å². The predicted molar refractivity (Wildman–Crippen MR) is 92.0 cm³/mol. The van der Waals surface area contributed by atoms with Gasteiger partial charge in [-0.2, -0.15) is 0 Å². The van der Waals surface area contributed by atoms with Gasteiger partial charge in [0.1, 0.15) is 6.04 Å². The maximum atomic E-state index is 12.5. The molecule has 1 atom stereocenters. The van der Waals surface area contributed by atoms with E-state index in [1.165, 1.54) is 18.2 Å². The standard InChI is InChI=1S/C18H16N2O5/c1-10-5-3-4-6-13(10)19-16(21)11(2)20-14-9-12(17(22)23)7-8-15(14)25-18(20)24/h3-9,11H,1-2H3,(H,19,21)(H,22,23). The second-order valence-corrected chi connectivity index (χ2v) is 5.71. The van der Waals surface area contributed by atoms with Crippen molar-refractivity contribution < 1.29 is 19.1 Å². The van der Waals surface area contributed by atoms with Crippen molar-refractivity contribution in [3.63, 3.8) is 0 Å². The van der Waals surface area contributed by atoms with E-state index in [0.717, 1.165) is 10.1 Å². The smallest absolute Gasteiger partial charge is 0.420 e. The van der Waals surface area contributed by atoms with E-state index in [9.17, 15) is 14.4 Å². The van der Waals surface area contributed by atoms with E-state index in [1.54, 1.807) is 19.1 Å². The van der Waals surface area contributed by atoms with Crippen molar-refractivity contribution in [1.29, 1.82) is 0 Å². The molecule has 0 spiro atoms. The highest BCUT2D eigenvalue weighted by Gasteiger charge is 2.22. The molecule has 2 aromatic carbocycles. The molecule has 1 aromatic heterocycles. The number of carboxylic acid groups (broad SMARTS) is 1. The number of para-hydroxylation sites is 1. The average molecular weight is 340 g/mol. The normalized spacial score (nSPS) is 12.1. The quantitative estimate of drug-likeness (QED) is 0.760. The summed E-state index contributed by atoms with van der Waals surface area (Å²) in [6.07, 6.45) is 0. The number of anilines is 1. The van der Waals surface area contributed by atoms with E-state index >= 15 is 0 Å². The van der Waals surface area contributed by atoms with Crippen LogP contribution < -0.4 is 11.1 Å². The summed E-state index contributed by atoms with van der Waals surface area (Å²) in [6, 6.07) is 10.5. The molecule has 0 radical (unpaired) electrons. The van der Waals surface area contributed by atoms with E-state index in [-0.39, 0.29) is 16.7 Å². The Kier molecular flexibility index (Phi) is 4.14. The highest BCUT2D eigenvalue weighted by molar-refractivity contribution is 5.96. The third-order valence-corrected chi connectivity index (χ3v) is 4.03. The summed E-state index contributed by atoms with van der Waals surface area (Å²) in [5.74, 6) is -2.25. The molecule has 0 aliphatic rings. The maximum Gasteiger partial charge on any atom is 0.420 e. The molecule has 7 heteroatoms. The van der Waals surface area contributed by atoms with E-state index < -0.39 is 23.7 Å². The molecule has 0 bridgehead atoms. The molecular weight excluding hydrogens is 324 g/mol. The Morgan fingerprint density at radius 1 is 1.20 bits per heavy atom. The lowest BCUT2D eigenvalue weighted by Gasteiger charge is -2.14. The number of carbonyl (C=O) groups excluding carboxylic acids is 1. The van der Waals surface area contributed by atoms with Gasteiger partial charge in [0, 0.05) is 5.69 Å². The predicted octanol–water partition coefficient (Wildman–Crippen LogP) is 2.80. The molecular formula is C18H16N2O5. The van der Waals surface area contributed by atoms with E-state index in [4.69, 9.17) is 9.52 Å². The Labute approximate surface area is 142 Å². The van der Waals surface area contributed by atoms with Crippen molar-refractivity contribution in [1.82, 2.24) is 4.57 Å². The summed E-state index contributed by atoms with van der Waals surface area (Å²) in [6.45, 7) is 3.41. The van der Waals surface area contributed by atoms with Gasteiger partial charge in [-0.25, -0.2) is 9.59 Å². The number of rotatable bonds is 4. The minimum absolute atomic E-state index is 0.00793. The Morgan fingerprint density at radius 3 is 2.60 bits per heavy atom. The van der Waals surface area contributed by atoms with Gasteiger partial charge in [-0.1, -0.05) is 18.2 Å². The third-order valence-electron chi connectivity index (χ3n) is 4.03. The number of oxazole rings is 1. The van der Waals surface area contributed by atoms with Crippen LogP contribution in [0.2, 0.25) is 0 Å². The van der Waals surface area contributed by atoms with Crippen LogP contribution in [0.1, 0.15) is 28.9 Å². The Balaban J connectivity index is 2.00. The summed E-state index contributed by atoms with van der Waals surface area (Å²) < 4.78 is 6.26. The van der Waals surface area contributed by atoms with Crippen molar-refractivity contribution in [3.05, 3.63) is 64.1 Å². The molecule has 7 nitrogen and oxygen atoms in total. The number of nitrogens with one attached hydrogen (secondary N) is 1. The van der Waals surface area contributed by atoms with Crippen LogP contribution in [0.15, 0.2) is 51.7 Å². The zero-order valence-corrected chi connectivity index (χ0v) is 13.6. The lowest BCUT2D eigenvalue weighted by Crippen LogP contribution is -2.29. The van der Waals surface area contributed by atoms with Crippen molar-refractivity contribution >= 4 is 28.7 Å². The molecule has 1 amide bonds. The summed E-state index contributed by atoms with van der Waals surface area (Å²) >= 11 is 0. The number of carbonyl (C=O) groups is 2. The fraction of sp³-hybridized carbons (Fsp3) is 0.167. The topological polar surface area (TPSA) is 102 Å². The molecule has 0 aliphatic heterocycles. The van der Waals surface area contributed by atoms with Crippen LogP contribution in [0, 0.1) is 6.92 Å². The van der Waals surface area contributed by atoms with E-state index in [2.05, 4.69) is 5.32 Å². The van der Waals surface area contributed by atoms with Crippen LogP contribution in [-0.4, -0.2) is 21.6 Å². The van der Waals surface area contributed by atoms with Crippen LogP contribution in [0.5, 0.6) is 0 Å². The lowest BCUT2D eigenvalue weighted by molar-refractivity contribution is -0.118. The summed E-state index contributed by atoms with van der Waals surface area (Å²) in [7, 11) is 0. The fourth-order valence-electron chi connectivity index (χ4n) is 2.60. The number of aryl methyl sites for hydroxylation is 1. The number of aromatic carboxylic acids is 1. The molecule has 128 valence electrons. The SMILES string of the molecule is Cc1ccccc1NC(=O)C(C)n1c(=O)oc2ccc(C(=O)O)cc21. The van der Waals surface area contributed by atoms with E-state index in [1.807, 2.05) is 19.1 Å². The second-order valence-electron chi connectivity index (χ2n) is 5.71. The van der Waals surface area contributed by atoms with Gasteiger partial charge >= 0.3 is 11.7 Å². The highest BCUT2D eigenvalue weighted by atomic mass is 16.4. The fourth-order valence-corrected chi connectivity index (χ4v) is 2.60. The van der Waals surface area contributed by atoms with Gasteiger partial charge in [0.05, 0.1) is 11.1 Å². The second kappa shape index (κ2) is 6.27. The summed E-state index contributed by atoms with van der Waals surface area (Å²) in [5.41, 5.74) is 2.03. The van der Waals surface area contributed by atoms with Crippen LogP contribution >= 0.6 is 0 Å². The molecule has 1 unspecified atom stereocenters. The Hall–Kier alpha value is -3.35. The van der Waals surface area contributed by atoms with Gasteiger partial charge in [-0.3, -0.25) is 9.36 Å². The lowest BCUT2D eigenvalue weighted by atomic mass is 10.2. The van der Waals surface area contributed by atoms with E-state index in [0.29, 0.717) is 5.69 Å². The first-order valence-electron chi connectivity index (χ1n) is 7.63.